The molecular formula is C11H12BrFN2S. The van der Waals surface area contributed by atoms with Gasteiger partial charge in [0.15, 0.2) is 5.17 Å². The van der Waals surface area contributed by atoms with Gasteiger partial charge in [-0.15, -0.1) is 0 Å². The van der Waals surface area contributed by atoms with Gasteiger partial charge in [-0.05, 0) is 40.0 Å². The van der Waals surface area contributed by atoms with Crippen LogP contribution in [0.3, 0.4) is 0 Å². The lowest BCUT2D eigenvalue weighted by molar-refractivity contribution is 0.627. The Labute approximate surface area is 107 Å². The molecule has 0 saturated carbocycles. The molecule has 0 aromatic heterocycles. The Morgan fingerprint density at radius 2 is 2.38 bits per heavy atom. The Hall–Kier alpha value is -0.550. The van der Waals surface area contributed by atoms with E-state index in [2.05, 4.69) is 33.2 Å². The lowest BCUT2D eigenvalue weighted by Gasteiger charge is -2.18. The van der Waals surface area contributed by atoms with Gasteiger partial charge in [0.1, 0.15) is 5.82 Å². The highest BCUT2D eigenvalue weighted by Gasteiger charge is 2.13. The number of nitrogens with zero attached hydrogens (tertiary/aromatic N) is 1. The maximum atomic E-state index is 12.9. The van der Waals surface area contributed by atoms with Crippen molar-refractivity contribution in [3.63, 3.8) is 0 Å². The summed E-state index contributed by atoms with van der Waals surface area (Å²) in [6.07, 6.45) is 0. The highest BCUT2D eigenvalue weighted by Crippen LogP contribution is 2.26. The van der Waals surface area contributed by atoms with Crippen molar-refractivity contribution >= 4 is 38.5 Å². The van der Waals surface area contributed by atoms with Crippen LogP contribution < -0.4 is 5.32 Å². The van der Waals surface area contributed by atoms with Crippen LogP contribution in [0.4, 0.5) is 10.1 Å². The number of benzene rings is 1. The zero-order valence-electron chi connectivity index (χ0n) is 8.84. The molecule has 86 valence electrons. The third kappa shape index (κ3) is 2.98. The minimum Gasteiger partial charge on any atom is -0.334 e. The van der Waals surface area contributed by atoms with Crippen LogP contribution in [0.2, 0.25) is 0 Å². The monoisotopic (exact) mass is 302 g/mol. The van der Waals surface area contributed by atoms with Gasteiger partial charge in [-0.3, -0.25) is 4.99 Å². The largest absolute Gasteiger partial charge is 0.334 e. The molecule has 16 heavy (non-hydrogen) atoms. The normalized spacial score (nSPS) is 20.4. The fourth-order valence-corrected chi connectivity index (χ4v) is 2.69. The standard InChI is InChI=1S/C11H12BrFN2S/c1-7-5-14-11(16-6-7)15-10-3-2-8(13)4-9(10)12/h2-4,7H,5-6H2,1H3,(H,14,15). The Kier molecular flexibility index (Phi) is 3.86. The molecule has 1 unspecified atom stereocenters. The van der Waals surface area contributed by atoms with E-state index in [9.17, 15) is 4.39 Å². The molecule has 1 heterocycles. The van der Waals surface area contributed by atoms with Gasteiger partial charge in [-0.2, -0.15) is 0 Å². The third-order valence-corrected chi connectivity index (χ3v) is 4.12. The predicted octanol–water partition coefficient (Wildman–Crippen LogP) is 3.74. The number of hydrogen-bond donors (Lipinski definition) is 1. The SMILES string of the molecule is CC1CN=C(Nc2ccc(F)cc2Br)SC1. The van der Waals surface area contributed by atoms with Crippen LogP contribution in [0.25, 0.3) is 0 Å². The van der Waals surface area contributed by atoms with Crippen molar-refractivity contribution in [3.8, 4) is 0 Å². The van der Waals surface area contributed by atoms with Crippen molar-refractivity contribution in [2.75, 3.05) is 17.6 Å². The second-order valence-corrected chi connectivity index (χ2v) is 5.67. The number of aliphatic imine (C=N–C) groups is 1. The highest BCUT2D eigenvalue weighted by molar-refractivity contribution is 9.10. The van der Waals surface area contributed by atoms with Gasteiger partial charge in [0.05, 0.1) is 5.69 Å². The van der Waals surface area contributed by atoms with E-state index in [-0.39, 0.29) is 5.82 Å². The molecule has 2 nitrogen and oxygen atoms in total. The van der Waals surface area contributed by atoms with Crippen LogP contribution in [0, 0.1) is 11.7 Å². The summed E-state index contributed by atoms with van der Waals surface area (Å²) >= 11 is 5.02. The fraction of sp³-hybridized carbons (Fsp3) is 0.364. The van der Waals surface area contributed by atoms with Crippen LogP contribution in [-0.2, 0) is 0 Å². The molecule has 1 aromatic rings. The number of anilines is 1. The predicted molar refractivity (Wildman–Crippen MR) is 71.6 cm³/mol. The summed E-state index contributed by atoms with van der Waals surface area (Å²) in [5, 5.41) is 4.10. The summed E-state index contributed by atoms with van der Waals surface area (Å²) in [5.41, 5.74) is 0.849. The van der Waals surface area contributed by atoms with Crippen molar-refractivity contribution in [1.29, 1.82) is 0 Å². The zero-order valence-corrected chi connectivity index (χ0v) is 11.2. The smallest absolute Gasteiger partial charge is 0.161 e. The first kappa shape index (κ1) is 11.9. The second kappa shape index (κ2) is 5.19. The van der Waals surface area contributed by atoms with E-state index < -0.39 is 0 Å². The molecule has 0 amide bonds. The van der Waals surface area contributed by atoms with Crippen molar-refractivity contribution in [2.45, 2.75) is 6.92 Å². The van der Waals surface area contributed by atoms with Gasteiger partial charge in [0.2, 0.25) is 0 Å². The van der Waals surface area contributed by atoms with Gasteiger partial charge < -0.3 is 5.32 Å². The summed E-state index contributed by atoms with van der Waals surface area (Å²) in [5.74, 6) is 1.46. The maximum absolute atomic E-state index is 12.9. The molecule has 1 atom stereocenters. The first-order chi connectivity index (χ1) is 7.65. The topological polar surface area (TPSA) is 24.4 Å². The molecule has 0 aliphatic carbocycles. The van der Waals surface area contributed by atoms with Crippen LogP contribution in [0.15, 0.2) is 27.7 Å². The Bertz CT molecular complexity index is 422. The number of thioether (sulfide) groups is 1. The number of amidine groups is 1. The fourth-order valence-electron chi connectivity index (χ4n) is 1.34. The van der Waals surface area contributed by atoms with Crippen molar-refractivity contribution in [1.82, 2.24) is 0 Å². The first-order valence-electron chi connectivity index (χ1n) is 5.04. The number of hydrogen-bond acceptors (Lipinski definition) is 3. The molecule has 1 aromatic carbocycles. The second-order valence-electron chi connectivity index (χ2n) is 3.81. The minimum atomic E-state index is -0.246. The molecule has 1 aliphatic rings. The van der Waals surface area contributed by atoms with Crippen LogP contribution in [-0.4, -0.2) is 17.5 Å². The molecule has 0 saturated heterocycles. The molecule has 0 radical (unpaired) electrons. The zero-order chi connectivity index (χ0) is 11.5. The molecule has 0 bridgehead atoms. The molecular weight excluding hydrogens is 291 g/mol. The molecule has 1 aliphatic heterocycles. The molecule has 1 N–H and O–H groups in total. The number of nitrogens with one attached hydrogen (secondary N) is 1. The Morgan fingerprint density at radius 3 is 3.00 bits per heavy atom. The van der Waals surface area contributed by atoms with Gasteiger partial charge in [-0.25, -0.2) is 4.39 Å². The summed E-state index contributed by atoms with van der Waals surface area (Å²) in [4.78, 5) is 4.42. The van der Waals surface area contributed by atoms with Gasteiger partial charge in [0, 0.05) is 16.8 Å². The van der Waals surface area contributed by atoms with Crippen LogP contribution in [0.1, 0.15) is 6.92 Å². The van der Waals surface area contributed by atoms with E-state index >= 15 is 0 Å². The van der Waals surface area contributed by atoms with Crippen molar-refractivity contribution in [3.05, 3.63) is 28.5 Å². The maximum Gasteiger partial charge on any atom is 0.161 e. The lowest BCUT2D eigenvalue weighted by atomic mass is 10.2. The van der Waals surface area contributed by atoms with Crippen LogP contribution >= 0.6 is 27.7 Å². The summed E-state index contributed by atoms with van der Waals surface area (Å²) < 4.78 is 13.6. The molecule has 0 fully saturated rings. The average Bonchev–Trinajstić information content (AvgIpc) is 2.25. The summed E-state index contributed by atoms with van der Waals surface area (Å²) in [6, 6.07) is 4.59. The van der Waals surface area contributed by atoms with Gasteiger partial charge in [0.25, 0.3) is 0 Å². The van der Waals surface area contributed by atoms with E-state index in [0.717, 1.165) is 27.6 Å². The van der Waals surface area contributed by atoms with Crippen molar-refractivity contribution in [2.24, 2.45) is 10.9 Å². The van der Waals surface area contributed by atoms with Crippen LogP contribution in [0.5, 0.6) is 0 Å². The molecule has 5 heteroatoms. The highest BCUT2D eigenvalue weighted by atomic mass is 79.9. The quantitative estimate of drug-likeness (QED) is 0.854. The summed E-state index contributed by atoms with van der Waals surface area (Å²) in [6.45, 7) is 3.04. The minimum absolute atomic E-state index is 0.246. The Morgan fingerprint density at radius 1 is 1.56 bits per heavy atom. The lowest BCUT2D eigenvalue weighted by Crippen LogP contribution is -2.18. The molecule has 0 spiro atoms. The Balaban J connectivity index is 2.09. The number of halogens is 2. The van der Waals surface area contributed by atoms with E-state index in [1.54, 1.807) is 17.8 Å². The summed E-state index contributed by atoms with van der Waals surface area (Å²) in [7, 11) is 0. The van der Waals surface area contributed by atoms with Gasteiger partial charge >= 0.3 is 0 Å². The average molecular weight is 303 g/mol. The van der Waals surface area contributed by atoms with E-state index in [0.29, 0.717) is 5.92 Å². The van der Waals surface area contributed by atoms with Gasteiger partial charge in [-0.1, -0.05) is 18.7 Å². The van der Waals surface area contributed by atoms with Crippen molar-refractivity contribution < 1.29 is 4.39 Å². The third-order valence-electron chi connectivity index (χ3n) is 2.22. The van der Waals surface area contributed by atoms with E-state index in [1.165, 1.54) is 12.1 Å². The van der Waals surface area contributed by atoms with E-state index in [4.69, 9.17) is 0 Å². The first-order valence-corrected chi connectivity index (χ1v) is 6.82. The van der Waals surface area contributed by atoms with E-state index in [1.807, 2.05) is 0 Å². The molecule has 2 rings (SSSR count). The number of rotatable bonds is 1.